The predicted octanol–water partition coefficient (Wildman–Crippen LogP) is 2.99. The zero-order chi connectivity index (χ0) is 17.6. The van der Waals surface area contributed by atoms with Crippen molar-refractivity contribution in [3.63, 3.8) is 0 Å². The number of benzene rings is 1. The number of aryl methyl sites for hydroxylation is 1. The van der Waals surface area contributed by atoms with Crippen molar-refractivity contribution in [3.8, 4) is 11.5 Å². The van der Waals surface area contributed by atoms with Crippen LogP contribution in [0.25, 0.3) is 0 Å². The number of fused-ring (bicyclic) bond motifs is 1. The Morgan fingerprint density at radius 3 is 2.92 bits per heavy atom. The SMILES string of the molecule is O=C(O)CC(Cc1csc(CCCCO)n1)c1ccc2c(c1)OCO2. The second kappa shape index (κ2) is 8.31. The van der Waals surface area contributed by atoms with E-state index in [4.69, 9.17) is 14.6 Å². The summed E-state index contributed by atoms with van der Waals surface area (Å²) in [5.74, 6) is 0.356. The van der Waals surface area contributed by atoms with Gasteiger partial charge in [0.15, 0.2) is 11.5 Å². The molecule has 3 rings (SSSR count). The number of aliphatic hydroxyl groups is 1. The average Bonchev–Trinajstić information content (AvgIpc) is 3.22. The Kier molecular flexibility index (Phi) is 5.88. The lowest BCUT2D eigenvalue weighted by Gasteiger charge is -2.14. The van der Waals surface area contributed by atoms with Crippen LogP contribution < -0.4 is 9.47 Å². The van der Waals surface area contributed by atoms with Gasteiger partial charge in [0.1, 0.15) is 0 Å². The first kappa shape index (κ1) is 17.7. The van der Waals surface area contributed by atoms with Crippen molar-refractivity contribution in [2.75, 3.05) is 13.4 Å². The summed E-state index contributed by atoms with van der Waals surface area (Å²) in [6.45, 7) is 0.398. The molecule has 0 radical (unpaired) electrons. The molecule has 0 spiro atoms. The summed E-state index contributed by atoms with van der Waals surface area (Å²) in [5.41, 5.74) is 1.83. The second-order valence-electron chi connectivity index (χ2n) is 6.02. The molecule has 0 bridgehead atoms. The first-order valence-electron chi connectivity index (χ1n) is 8.31. The van der Waals surface area contributed by atoms with Crippen LogP contribution in [0.2, 0.25) is 0 Å². The monoisotopic (exact) mass is 363 g/mol. The highest BCUT2D eigenvalue weighted by Gasteiger charge is 2.21. The maximum absolute atomic E-state index is 11.3. The summed E-state index contributed by atoms with van der Waals surface area (Å²) in [4.78, 5) is 15.9. The molecule has 1 aliphatic heterocycles. The first-order valence-corrected chi connectivity index (χ1v) is 9.19. The standard InChI is InChI=1S/C18H21NO5S/c20-6-2-1-3-17-19-14(10-25-17)7-13(9-18(21)22)12-4-5-15-16(8-12)24-11-23-15/h4-5,8,10,13,20H,1-3,6-7,9,11H2,(H,21,22). The predicted molar refractivity (Wildman–Crippen MR) is 93.4 cm³/mol. The number of carbonyl (C=O) groups is 1. The van der Waals surface area contributed by atoms with E-state index in [9.17, 15) is 9.90 Å². The highest BCUT2D eigenvalue weighted by molar-refractivity contribution is 7.09. The van der Waals surface area contributed by atoms with Gasteiger partial charge in [-0.2, -0.15) is 0 Å². The van der Waals surface area contributed by atoms with Crippen molar-refractivity contribution in [1.82, 2.24) is 4.98 Å². The van der Waals surface area contributed by atoms with Gasteiger partial charge in [-0.1, -0.05) is 6.07 Å². The molecule has 2 N–H and O–H groups in total. The van der Waals surface area contributed by atoms with Crippen molar-refractivity contribution in [2.24, 2.45) is 0 Å². The Morgan fingerprint density at radius 1 is 1.28 bits per heavy atom. The molecule has 1 aliphatic rings. The van der Waals surface area contributed by atoms with Crippen LogP contribution in [0.4, 0.5) is 0 Å². The van der Waals surface area contributed by atoms with Crippen LogP contribution in [-0.2, 0) is 17.6 Å². The highest BCUT2D eigenvalue weighted by atomic mass is 32.1. The maximum Gasteiger partial charge on any atom is 0.303 e. The van der Waals surface area contributed by atoms with E-state index in [0.717, 1.165) is 35.5 Å². The molecule has 2 heterocycles. The molecule has 0 fully saturated rings. The van der Waals surface area contributed by atoms with Crippen LogP contribution in [0, 0.1) is 0 Å². The lowest BCUT2D eigenvalue weighted by atomic mass is 9.91. The van der Waals surface area contributed by atoms with Gasteiger partial charge in [-0.3, -0.25) is 4.79 Å². The summed E-state index contributed by atoms with van der Waals surface area (Å²) < 4.78 is 10.7. The van der Waals surface area contributed by atoms with E-state index < -0.39 is 5.97 Å². The Hall–Kier alpha value is -2.12. The van der Waals surface area contributed by atoms with Crippen LogP contribution in [0.15, 0.2) is 23.6 Å². The summed E-state index contributed by atoms with van der Waals surface area (Å²) in [6.07, 6.45) is 3.14. The van der Waals surface area contributed by atoms with Gasteiger partial charge in [0.2, 0.25) is 6.79 Å². The van der Waals surface area contributed by atoms with Crippen LogP contribution in [0.5, 0.6) is 11.5 Å². The van der Waals surface area contributed by atoms with Crippen molar-refractivity contribution in [2.45, 2.75) is 38.0 Å². The molecule has 2 aromatic rings. The number of ether oxygens (including phenoxy) is 2. The van der Waals surface area contributed by atoms with Crippen molar-refractivity contribution in [1.29, 1.82) is 0 Å². The molecule has 0 amide bonds. The average molecular weight is 363 g/mol. The zero-order valence-electron chi connectivity index (χ0n) is 13.8. The molecule has 1 atom stereocenters. The van der Waals surface area contributed by atoms with Gasteiger partial charge in [0.05, 0.1) is 17.1 Å². The molecule has 1 unspecified atom stereocenters. The number of thiazole rings is 1. The third-order valence-electron chi connectivity index (χ3n) is 4.14. The Balaban J connectivity index is 1.72. The van der Waals surface area contributed by atoms with E-state index in [2.05, 4.69) is 4.98 Å². The molecule has 134 valence electrons. The summed E-state index contributed by atoms with van der Waals surface area (Å²) in [7, 11) is 0. The number of nitrogens with zero attached hydrogens (tertiary/aromatic N) is 1. The number of hydrogen-bond acceptors (Lipinski definition) is 6. The Bertz CT molecular complexity index is 730. The van der Waals surface area contributed by atoms with Crippen LogP contribution in [0.3, 0.4) is 0 Å². The molecule has 6 nitrogen and oxygen atoms in total. The molecular weight excluding hydrogens is 342 g/mol. The quantitative estimate of drug-likeness (QED) is 0.666. The lowest BCUT2D eigenvalue weighted by Crippen LogP contribution is -2.09. The molecule has 0 saturated carbocycles. The molecule has 0 aliphatic carbocycles. The molecule has 7 heteroatoms. The van der Waals surface area contributed by atoms with Gasteiger partial charge in [-0.05, 0) is 43.4 Å². The lowest BCUT2D eigenvalue weighted by molar-refractivity contribution is -0.137. The normalized spacial score (nSPS) is 13.8. The molecule has 1 aromatic carbocycles. The van der Waals surface area contributed by atoms with Crippen LogP contribution >= 0.6 is 11.3 Å². The van der Waals surface area contributed by atoms with Gasteiger partial charge in [0.25, 0.3) is 0 Å². The van der Waals surface area contributed by atoms with E-state index in [1.165, 1.54) is 0 Å². The summed E-state index contributed by atoms with van der Waals surface area (Å²) >= 11 is 1.59. The van der Waals surface area contributed by atoms with Crippen LogP contribution in [-0.4, -0.2) is 34.6 Å². The van der Waals surface area contributed by atoms with E-state index in [1.807, 2.05) is 23.6 Å². The third-order valence-corrected chi connectivity index (χ3v) is 5.10. The molecule has 25 heavy (non-hydrogen) atoms. The van der Waals surface area contributed by atoms with E-state index in [1.54, 1.807) is 11.3 Å². The number of unbranched alkanes of at least 4 members (excludes halogenated alkanes) is 1. The van der Waals surface area contributed by atoms with Crippen molar-refractivity contribution < 1.29 is 24.5 Å². The van der Waals surface area contributed by atoms with Crippen molar-refractivity contribution in [3.05, 3.63) is 39.8 Å². The van der Waals surface area contributed by atoms with E-state index in [0.29, 0.717) is 17.9 Å². The van der Waals surface area contributed by atoms with Gasteiger partial charge in [0, 0.05) is 17.9 Å². The summed E-state index contributed by atoms with van der Waals surface area (Å²) in [5, 5.41) is 21.1. The smallest absolute Gasteiger partial charge is 0.303 e. The fourth-order valence-electron chi connectivity index (χ4n) is 2.88. The number of aromatic nitrogens is 1. The number of aliphatic carboxylic acids is 1. The fraction of sp³-hybridized carbons (Fsp3) is 0.444. The van der Waals surface area contributed by atoms with Crippen molar-refractivity contribution >= 4 is 17.3 Å². The number of carboxylic acid groups (broad SMARTS) is 1. The van der Waals surface area contributed by atoms with Gasteiger partial charge >= 0.3 is 5.97 Å². The highest BCUT2D eigenvalue weighted by Crippen LogP contribution is 2.36. The number of carboxylic acids is 1. The first-order chi connectivity index (χ1) is 12.2. The number of hydrogen-bond donors (Lipinski definition) is 2. The van der Waals surface area contributed by atoms with Gasteiger partial charge < -0.3 is 19.7 Å². The second-order valence-corrected chi connectivity index (χ2v) is 6.97. The molecule has 0 saturated heterocycles. The molecular formula is C18H21NO5S. The minimum Gasteiger partial charge on any atom is -0.481 e. The minimum atomic E-state index is -0.832. The third kappa shape index (κ3) is 4.70. The maximum atomic E-state index is 11.3. The van der Waals surface area contributed by atoms with E-state index >= 15 is 0 Å². The van der Waals surface area contributed by atoms with Gasteiger partial charge in [-0.15, -0.1) is 11.3 Å². The Labute approximate surface area is 150 Å². The van der Waals surface area contributed by atoms with E-state index in [-0.39, 0.29) is 25.7 Å². The largest absolute Gasteiger partial charge is 0.481 e. The number of rotatable bonds is 9. The topological polar surface area (TPSA) is 88.9 Å². The number of aliphatic hydroxyl groups excluding tert-OH is 1. The Morgan fingerprint density at radius 2 is 2.12 bits per heavy atom. The van der Waals surface area contributed by atoms with Crippen LogP contribution in [0.1, 0.15) is 41.4 Å². The summed E-state index contributed by atoms with van der Waals surface area (Å²) in [6, 6.07) is 5.59. The van der Waals surface area contributed by atoms with Gasteiger partial charge in [-0.25, -0.2) is 4.98 Å². The fourth-order valence-corrected chi connectivity index (χ4v) is 3.74. The minimum absolute atomic E-state index is 0.0387. The molecule has 1 aromatic heterocycles. The zero-order valence-corrected chi connectivity index (χ0v) is 14.6.